The maximum atomic E-state index is 13.7. The van der Waals surface area contributed by atoms with E-state index in [-0.39, 0.29) is 5.82 Å². The predicted molar refractivity (Wildman–Crippen MR) is 105 cm³/mol. The molecular weight excluding hydrogens is 365 g/mol. The number of halogens is 2. The van der Waals surface area contributed by atoms with Gasteiger partial charge in [-0.15, -0.1) is 11.6 Å². The Morgan fingerprint density at radius 2 is 1.89 bits per heavy atom. The van der Waals surface area contributed by atoms with Crippen molar-refractivity contribution in [3.05, 3.63) is 72.7 Å². The Balaban J connectivity index is 1.80. The fourth-order valence-corrected chi connectivity index (χ4v) is 3.03. The van der Waals surface area contributed by atoms with Crippen LogP contribution in [0, 0.1) is 5.82 Å². The predicted octanol–water partition coefficient (Wildman–Crippen LogP) is 5.23. The van der Waals surface area contributed by atoms with Gasteiger partial charge < -0.3 is 4.74 Å². The highest BCUT2D eigenvalue weighted by atomic mass is 35.5. The molecular formula is C21H17ClFN3O. The minimum Gasteiger partial charge on any atom is -0.494 e. The third-order valence-corrected chi connectivity index (χ3v) is 4.42. The number of pyridine rings is 1. The molecule has 136 valence electrons. The van der Waals surface area contributed by atoms with Crippen LogP contribution in [0.5, 0.6) is 5.75 Å². The molecule has 0 N–H and O–H groups in total. The Kier molecular flexibility index (Phi) is 5.03. The summed E-state index contributed by atoms with van der Waals surface area (Å²) in [5, 5.41) is 0. The summed E-state index contributed by atoms with van der Waals surface area (Å²) in [6, 6.07) is 18.0. The van der Waals surface area contributed by atoms with Gasteiger partial charge in [0, 0.05) is 23.8 Å². The van der Waals surface area contributed by atoms with Crippen molar-refractivity contribution in [2.75, 3.05) is 12.5 Å². The summed E-state index contributed by atoms with van der Waals surface area (Å²) in [7, 11) is 0. The summed E-state index contributed by atoms with van der Waals surface area (Å²) in [6.07, 6.45) is 2.51. The first-order valence-electron chi connectivity index (χ1n) is 8.65. The summed E-state index contributed by atoms with van der Waals surface area (Å²) in [4.78, 5) is 9.02. The minimum atomic E-state index is -0.317. The number of hydrogen-bond acceptors (Lipinski definition) is 3. The molecule has 0 unspecified atom stereocenters. The molecule has 2 heterocycles. The minimum absolute atomic E-state index is 0.317. The molecule has 6 heteroatoms. The fraction of sp³-hybridized carbons (Fsp3) is 0.143. The first kappa shape index (κ1) is 17.5. The van der Waals surface area contributed by atoms with E-state index in [0.717, 1.165) is 29.1 Å². The highest BCUT2D eigenvalue weighted by Crippen LogP contribution is 2.29. The Morgan fingerprint density at radius 1 is 1.04 bits per heavy atom. The van der Waals surface area contributed by atoms with Crippen LogP contribution >= 0.6 is 11.6 Å². The van der Waals surface area contributed by atoms with Gasteiger partial charge in [-0.05, 0) is 55.0 Å². The van der Waals surface area contributed by atoms with Crippen molar-refractivity contribution in [3.8, 4) is 23.0 Å². The molecule has 0 aliphatic carbocycles. The average molecular weight is 382 g/mol. The second-order valence-corrected chi connectivity index (χ2v) is 6.38. The van der Waals surface area contributed by atoms with Gasteiger partial charge >= 0.3 is 0 Å². The van der Waals surface area contributed by atoms with Crippen LogP contribution in [0.15, 0.2) is 66.9 Å². The van der Waals surface area contributed by atoms with Crippen molar-refractivity contribution in [3.63, 3.8) is 0 Å². The number of rotatable bonds is 6. The van der Waals surface area contributed by atoms with E-state index in [1.54, 1.807) is 12.3 Å². The van der Waals surface area contributed by atoms with E-state index in [1.165, 1.54) is 12.1 Å². The van der Waals surface area contributed by atoms with Gasteiger partial charge in [0.2, 0.25) is 0 Å². The molecule has 0 saturated heterocycles. The van der Waals surface area contributed by atoms with Crippen LogP contribution in [0.2, 0.25) is 0 Å². The second-order valence-electron chi connectivity index (χ2n) is 6.00. The van der Waals surface area contributed by atoms with Crippen LogP contribution < -0.4 is 4.74 Å². The number of aromatic nitrogens is 3. The molecule has 0 fully saturated rings. The molecule has 4 rings (SSSR count). The SMILES string of the molecule is Fc1ccc2c(c1)nc(-c1ccccn1)n2-c1ccc(OCCCCl)cc1. The van der Waals surface area contributed by atoms with Crippen LogP contribution in [0.1, 0.15) is 6.42 Å². The molecule has 0 atom stereocenters. The Bertz CT molecular complexity index is 1050. The van der Waals surface area contributed by atoms with Crippen molar-refractivity contribution in [1.82, 2.24) is 14.5 Å². The lowest BCUT2D eigenvalue weighted by Crippen LogP contribution is -2.00. The quantitative estimate of drug-likeness (QED) is 0.339. The number of ether oxygens (including phenoxy) is 1. The molecule has 0 radical (unpaired) electrons. The number of fused-ring (bicyclic) bond motifs is 1. The topological polar surface area (TPSA) is 39.9 Å². The Labute approximate surface area is 161 Å². The van der Waals surface area contributed by atoms with E-state index < -0.39 is 0 Å². The Morgan fingerprint density at radius 3 is 2.63 bits per heavy atom. The largest absolute Gasteiger partial charge is 0.494 e. The van der Waals surface area contributed by atoms with Crippen LogP contribution in [-0.4, -0.2) is 27.0 Å². The zero-order valence-electron chi connectivity index (χ0n) is 14.5. The smallest absolute Gasteiger partial charge is 0.164 e. The van der Waals surface area contributed by atoms with Gasteiger partial charge in [0.1, 0.15) is 17.3 Å². The summed E-state index contributed by atoms with van der Waals surface area (Å²) < 4.78 is 21.3. The molecule has 27 heavy (non-hydrogen) atoms. The maximum absolute atomic E-state index is 13.7. The summed E-state index contributed by atoms with van der Waals surface area (Å²) in [5.41, 5.74) is 3.01. The van der Waals surface area contributed by atoms with Crippen LogP contribution in [0.3, 0.4) is 0 Å². The zero-order chi connectivity index (χ0) is 18.6. The van der Waals surface area contributed by atoms with E-state index >= 15 is 0 Å². The van der Waals surface area contributed by atoms with Crippen LogP contribution in [0.25, 0.3) is 28.2 Å². The lowest BCUT2D eigenvalue weighted by atomic mass is 10.2. The molecule has 0 bridgehead atoms. The monoisotopic (exact) mass is 381 g/mol. The van der Waals surface area contributed by atoms with E-state index in [0.29, 0.717) is 23.8 Å². The number of imidazole rings is 1. The molecule has 2 aromatic carbocycles. The van der Waals surface area contributed by atoms with Gasteiger partial charge in [-0.1, -0.05) is 6.07 Å². The summed E-state index contributed by atoms with van der Waals surface area (Å²) >= 11 is 5.68. The van der Waals surface area contributed by atoms with Gasteiger partial charge in [0.05, 0.1) is 17.6 Å². The van der Waals surface area contributed by atoms with E-state index in [9.17, 15) is 4.39 Å². The summed E-state index contributed by atoms with van der Waals surface area (Å²) in [5.74, 6) is 1.69. The maximum Gasteiger partial charge on any atom is 0.164 e. The van der Waals surface area contributed by atoms with E-state index in [1.807, 2.05) is 47.0 Å². The second kappa shape index (κ2) is 7.76. The molecule has 0 spiro atoms. The number of benzene rings is 2. The number of alkyl halides is 1. The third-order valence-electron chi connectivity index (χ3n) is 4.15. The van der Waals surface area contributed by atoms with Crippen molar-refractivity contribution in [1.29, 1.82) is 0 Å². The van der Waals surface area contributed by atoms with Crippen molar-refractivity contribution >= 4 is 22.6 Å². The van der Waals surface area contributed by atoms with Gasteiger partial charge in [-0.3, -0.25) is 9.55 Å². The van der Waals surface area contributed by atoms with Crippen molar-refractivity contribution in [2.24, 2.45) is 0 Å². The molecule has 4 nitrogen and oxygen atoms in total. The molecule has 0 amide bonds. The van der Waals surface area contributed by atoms with Crippen LogP contribution in [-0.2, 0) is 0 Å². The highest BCUT2D eigenvalue weighted by Gasteiger charge is 2.15. The van der Waals surface area contributed by atoms with Gasteiger partial charge in [0.15, 0.2) is 5.82 Å². The Hall–Kier alpha value is -2.92. The molecule has 0 aliphatic rings. The zero-order valence-corrected chi connectivity index (χ0v) is 15.2. The molecule has 0 saturated carbocycles. The van der Waals surface area contributed by atoms with E-state index in [4.69, 9.17) is 16.3 Å². The van der Waals surface area contributed by atoms with Crippen molar-refractivity contribution < 1.29 is 9.13 Å². The number of nitrogens with zero attached hydrogens (tertiary/aromatic N) is 3. The molecule has 0 aliphatic heterocycles. The molecule has 4 aromatic rings. The van der Waals surface area contributed by atoms with E-state index in [2.05, 4.69) is 9.97 Å². The standard InChI is InChI=1S/C21H17ClFN3O/c22-11-3-13-27-17-8-6-16(7-9-17)26-20-10-5-15(23)14-19(20)25-21(26)18-4-1-2-12-24-18/h1-2,4-10,12,14H,3,11,13H2. The lowest BCUT2D eigenvalue weighted by molar-refractivity contribution is 0.318. The average Bonchev–Trinajstić information content (AvgIpc) is 3.08. The fourth-order valence-electron chi connectivity index (χ4n) is 2.92. The third kappa shape index (κ3) is 3.64. The van der Waals surface area contributed by atoms with Crippen molar-refractivity contribution in [2.45, 2.75) is 6.42 Å². The summed E-state index contributed by atoms with van der Waals surface area (Å²) in [6.45, 7) is 0.579. The van der Waals surface area contributed by atoms with Gasteiger partial charge in [-0.2, -0.15) is 0 Å². The molecule has 2 aromatic heterocycles. The highest BCUT2D eigenvalue weighted by molar-refractivity contribution is 6.17. The normalized spacial score (nSPS) is 11.0. The number of hydrogen-bond donors (Lipinski definition) is 0. The van der Waals surface area contributed by atoms with Gasteiger partial charge in [0.25, 0.3) is 0 Å². The lowest BCUT2D eigenvalue weighted by Gasteiger charge is -2.11. The first-order chi connectivity index (χ1) is 13.3. The first-order valence-corrected chi connectivity index (χ1v) is 9.18. The van der Waals surface area contributed by atoms with Crippen LogP contribution in [0.4, 0.5) is 4.39 Å². The van der Waals surface area contributed by atoms with Gasteiger partial charge in [-0.25, -0.2) is 9.37 Å².